The highest BCUT2D eigenvalue weighted by Gasteiger charge is 2.12. The maximum atomic E-state index is 12.9. The molecular formula is C9H6F3N3. The molecule has 2 rings (SSSR count). The zero-order valence-electron chi connectivity index (χ0n) is 7.39. The van der Waals surface area contributed by atoms with Gasteiger partial charge in [0.05, 0.1) is 5.69 Å². The van der Waals surface area contributed by atoms with Crippen LogP contribution < -0.4 is 5.73 Å². The van der Waals surface area contributed by atoms with Gasteiger partial charge in [-0.05, 0) is 12.1 Å². The van der Waals surface area contributed by atoms with Crippen molar-refractivity contribution in [1.29, 1.82) is 0 Å². The smallest absolute Gasteiger partial charge is 0.194 e. The Morgan fingerprint density at radius 3 is 2.13 bits per heavy atom. The van der Waals surface area contributed by atoms with Crippen LogP contribution in [0.3, 0.4) is 0 Å². The summed E-state index contributed by atoms with van der Waals surface area (Å²) in [5.41, 5.74) is 5.79. The van der Waals surface area contributed by atoms with Gasteiger partial charge in [0.1, 0.15) is 5.82 Å². The summed E-state index contributed by atoms with van der Waals surface area (Å²) in [4.78, 5) is 0. The van der Waals surface area contributed by atoms with Gasteiger partial charge in [-0.1, -0.05) is 0 Å². The molecule has 0 unspecified atom stereocenters. The van der Waals surface area contributed by atoms with Crippen molar-refractivity contribution in [3.05, 3.63) is 35.7 Å². The molecule has 0 bridgehead atoms. The Kier molecular flexibility index (Phi) is 2.11. The van der Waals surface area contributed by atoms with Gasteiger partial charge in [-0.2, -0.15) is 5.10 Å². The summed E-state index contributed by atoms with van der Waals surface area (Å²) in [6.45, 7) is 0. The molecule has 0 saturated heterocycles. The van der Waals surface area contributed by atoms with Crippen molar-refractivity contribution in [2.75, 3.05) is 5.73 Å². The summed E-state index contributed by atoms with van der Waals surface area (Å²) < 4.78 is 38.3. The van der Waals surface area contributed by atoms with Crippen LogP contribution in [0.25, 0.3) is 11.3 Å². The molecule has 6 heteroatoms. The zero-order valence-corrected chi connectivity index (χ0v) is 7.39. The van der Waals surface area contributed by atoms with E-state index in [0.29, 0.717) is 5.69 Å². The number of aromatic nitrogens is 2. The van der Waals surface area contributed by atoms with Crippen molar-refractivity contribution in [1.82, 2.24) is 10.2 Å². The topological polar surface area (TPSA) is 54.7 Å². The number of nitrogens with two attached hydrogens (primary N) is 1. The van der Waals surface area contributed by atoms with E-state index in [2.05, 4.69) is 10.2 Å². The molecule has 0 fully saturated rings. The lowest BCUT2D eigenvalue weighted by Gasteiger charge is -1.99. The minimum absolute atomic E-state index is 0.149. The minimum Gasteiger partial charge on any atom is -0.382 e. The predicted molar refractivity (Wildman–Crippen MR) is 48.3 cm³/mol. The SMILES string of the molecule is Nc1cc(-c2cc(F)c(F)c(F)c2)[nH]n1. The first-order chi connectivity index (χ1) is 7.08. The third-order valence-corrected chi connectivity index (χ3v) is 1.89. The van der Waals surface area contributed by atoms with E-state index in [1.807, 2.05) is 0 Å². The highest BCUT2D eigenvalue weighted by Crippen LogP contribution is 2.22. The number of H-pyrrole nitrogens is 1. The van der Waals surface area contributed by atoms with Gasteiger partial charge in [0.2, 0.25) is 0 Å². The first kappa shape index (κ1) is 9.57. The Labute approximate surface area is 82.7 Å². The quantitative estimate of drug-likeness (QED) is 0.712. The number of hydrogen-bond acceptors (Lipinski definition) is 2. The largest absolute Gasteiger partial charge is 0.382 e. The molecule has 0 atom stereocenters. The first-order valence-corrected chi connectivity index (χ1v) is 4.03. The normalized spacial score (nSPS) is 10.6. The van der Waals surface area contributed by atoms with Crippen molar-refractivity contribution in [2.24, 2.45) is 0 Å². The number of halogens is 3. The van der Waals surface area contributed by atoms with Gasteiger partial charge >= 0.3 is 0 Å². The van der Waals surface area contributed by atoms with Crippen molar-refractivity contribution in [3.8, 4) is 11.3 Å². The summed E-state index contributed by atoms with van der Waals surface area (Å²) in [6, 6.07) is 3.13. The monoisotopic (exact) mass is 213 g/mol. The first-order valence-electron chi connectivity index (χ1n) is 4.03. The van der Waals surface area contributed by atoms with Gasteiger partial charge in [-0.25, -0.2) is 13.2 Å². The van der Waals surface area contributed by atoms with Gasteiger partial charge in [-0.15, -0.1) is 0 Å². The summed E-state index contributed by atoms with van der Waals surface area (Å²) in [5.74, 6) is -3.81. The van der Waals surface area contributed by atoms with E-state index < -0.39 is 17.5 Å². The number of nitrogens with zero attached hydrogens (tertiary/aromatic N) is 1. The van der Waals surface area contributed by atoms with Gasteiger partial charge in [-0.3, -0.25) is 5.10 Å². The third kappa shape index (κ3) is 1.65. The van der Waals surface area contributed by atoms with Crippen LogP contribution in [0.4, 0.5) is 19.0 Å². The molecule has 0 aliphatic heterocycles. The van der Waals surface area contributed by atoms with Gasteiger partial charge in [0.25, 0.3) is 0 Å². The lowest BCUT2D eigenvalue weighted by molar-refractivity contribution is 0.447. The van der Waals surface area contributed by atoms with Crippen LogP contribution in [0, 0.1) is 17.5 Å². The summed E-state index contributed by atoms with van der Waals surface area (Å²) in [6.07, 6.45) is 0. The standard InChI is InChI=1S/C9H6F3N3/c10-5-1-4(2-6(11)9(5)12)7-3-8(13)15-14-7/h1-3H,(H3,13,14,15). The molecule has 0 radical (unpaired) electrons. The number of rotatable bonds is 1. The molecule has 2 aromatic rings. The Hall–Kier alpha value is -1.98. The molecule has 0 aliphatic rings. The number of nitrogens with one attached hydrogen (secondary N) is 1. The second-order valence-corrected chi connectivity index (χ2v) is 2.96. The fourth-order valence-corrected chi connectivity index (χ4v) is 1.20. The molecule has 1 heterocycles. The number of benzene rings is 1. The maximum Gasteiger partial charge on any atom is 0.194 e. The number of anilines is 1. The Balaban J connectivity index is 2.55. The van der Waals surface area contributed by atoms with E-state index in [9.17, 15) is 13.2 Å². The molecule has 0 aliphatic carbocycles. The van der Waals surface area contributed by atoms with E-state index in [1.54, 1.807) is 0 Å². The average molecular weight is 213 g/mol. The summed E-state index contributed by atoms with van der Waals surface area (Å²) in [5, 5.41) is 6.05. The van der Waals surface area contributed by atoms with Crippen LogP contribution in [-0.4, -0.2) is 10.2 Å². The van der Waals surface area contributed by atoms with E-state index >= 15 is 0 Å². The minimum atomic E-state index is -1.49. The van der Waals surface area contributed by atoms with Crippen molar-refractivity contribution < 1.29 is 13.2 Å². The van der Waals surface area contributed by atoms with Crippen molar-refractivity contribution in [3.63, 3.8) is 0 Å². The Morgan fingerprint density at radius 2 is 1.67 bits per heavy atom. The van der Waals surface area contributed by atoms with Crippen LogP contribution in [0.15, 0.2) is 18.2 Å². The molecule has 3 N–H and O–H groups in total. The average Bonchev–Trinajstić information content (AvgIpc) is 2.60. The number of hydrogen-bond donors (Lipinski definition) is 2. The fraction of sp³-hybridized carbons (Fsp3) is 0. The van der Waals surface area contributed by atoms with Gasteiger partial charge in [0, 0.05) is 11.6 Å². The summed E-state index contributed by atoms with van der Waals surface area (Å²) >= 11 is 0. The molecule has 3 nitrogen and oxygen atoms in total. The number of aromatic amines is 1. The molecule has 0 spiro atoms. The van der Waals surface area contributed by atoms with E-state index in [-0.39, 0.29) is 11.4 Å². The lowest BCUT2D eigenvalue weighted by atomic mass is 10.1. The number of nitrogen functional groups attached to an aromatic ring is 1. The molecule has 0 amide bonds. The van der Waals surface area contributed by atoms with Gasteiger partial charge < -0.3 is 5.73 Å². The zero-order chi connectivity index (χ0) is 11.0. The van der Waals surface area contributed by atoms with Crippen LogP contribution in [0.1, 0.15) is 0 Å². The highest BCUT2D eigenvalue weighted by molar-refractivity contribution is 5.62. The molecule has 1 aromatic heterocycles. The predicted octanol–water partition coefficient (Wildman–Crippen LogP) is 2.08. The molecule has 78 valence electrons. The Morgan fingerprint density at radius 1 is 1.07 bits per heavy atom. The highest BCUT2D eigenvalue weighted by atomic mass is 19.2. The van der Waals surface area contributed by atoms with E-state index in [0.717, 1.165) is 12.1 Å². The van der Waals surface area contributed by atoms with Crippen LogP contribution in [0.5, 0.6) is 0 Å². The van der Waals surface area contributed by atoms with E-state index in [1.165, 1.54) is 6.07 Å². The molecular weight excluding hydrogens is 207 g/mol. The fourth-order valence-electron chi connectivity index (χ4n) is 1.20. The van der Waals surface area contributed by atoms with Crippen molar-refractivity contribution in [2.45, 2.75) is 0 Å². The van der Waals surface area contributed by atoms with E-state index in [4.69, 9.17) is 5.73 Å². The van der Waals surface area contributed by atoms with Gasteiger partial charge in [0.15, 0.2) is 17.5 Å². The second-order valence-electron chi connectivity index (χ2n) is 2.96. The Bertz CT molecular complexity index is 484. The van der Waals surface area contributed by atoms with Crippen LogP contribution in [0.2, 0.25) is 0 Å². The molecule has 0 saturated carbocycles. The van der Waals surface area contributed by atoms with Crippen LogP contribution in [-0.2, 0) is 0 Å². The molecule has 15 heavy (non-hydrogen) atoms. The maximum absolute atomic E-state index is 12.9. The van der Waals surface area contributed by atoms with Crippen molar-refractivity contribution >= 4 is 5.82 Å². The lowest BCUT2D eigenvalue weighted by Crippen LogP contribution is -1.91. The summed E-state index contributed by atoms with van der Waals surface area (Å²) in [7, 11) is 0. The third-order valence-electron chi connectivity index (χ3n) is 1.89. The van der Waals surface area contributed by atoms with Crippen LogP contribution >= 0.6 is 0 Å². The molecule has 1 aromatic carbocycles. The second kappa shape index (κ2) is 3.30.